The number of aromatic nitrogens is 4. The van der Waals surface area contributed by atoms with Gasteiger partial charge in [0.2, 0.25) is 0 Å². The Labute approximate surface area is 239 Å². The summed E-state index contributed by atoms with van der Waals surface area (Å²) in [5.74, 6) is -0.0668. The van der Waals surface area contributed by atoms with E-state index in [1.165, 1.54) is 10.9 Å². The summed E-state index contributed by atoms with van der Waals surface area (Å²) >= 11 is 0.928. The molecule has 6 N–H and O–H groups in total. The summed E-state index contributed by atoms with van der Waals surface area (Å²) in [5, 5.41) is 33.2. The number of aliphatic hydroxyl groups excluding tert-OH is 3. The molecule has 0 amide bonds. The molecule has 3 aromatic rings. The standard InChI is InChI=1S/C24H32FN6O8PS/c1-24(2,12-32)22(35)41-9-8-37-40(36,28-10-14-6-4-3-5-7-14)38-11-15-17(33)18(34)21(39-15)31-13-27-16-19(26)29-23(25)30-20(16)31/h3-7,13,15,17-18,21,32-34H,8-12H2,1-2H3,(H,28,36)(H2,26,29,30)/t15-,17-,18+,21-,40?/m1/s1. The van der Waals surface area contributed by atoms with Gasteiger partial charge in [0.25, 0.3) is 0 Å². The third-order valence-corrected chi connectivity index (χ3v) is 9.03. The first kappa shape index (κ1) is 31.4. The lowest BCUT2D eigenvalue weighted by molar-refractivity contribution is -0.119. The van der Waals surface area contributed by atoms with Crippen molar-refractivity contribution in [2.45, 2.75) is 44.9 Å². The first-order valence-corrected chi connectivity index (χ1v) is 15.1. The topological polar surface area (TPSA) is 204 Å². The smallest absolute Gasteiger partial charge is 0.395 e. The fourth-order valence-corrected chi connectivity index (χ4v) is 6.07. The maximum atomic E-state index is 13.8. The Bertz CT molecular complexity index is 1400. The number of benzene rings is 1. The maximum absolute atomic E-state index is 13.8. The van der Waals surface area contributed by atoms with Gasteiger partial charge in [0.15, 0.2) is 28.3 Å². The van der Waals surface area contributed by atoms with Crippen LogP contribution in [0, 0.1) is 11.5 Å². The highest BCUT2D eigenvalue weighted by atomic mass is 32.2. The van der Waals surface area contributed by atoms with Gasteiger partial charge in [0, 0.05) is 12.3 Å². The quantitative estimate of drug-likeness (QED) is 0.105. The highest BCUT2D eigenvalue weighted by Gasteiger charge is 2.45. The van der Waals surface area contributed by atoms with Crippen LogP contribution in [0.1, 0.15) is 25.6 Å². The van der Waals surface area contributed by atoms with Crippen LogP contribution >= 0.6 is 19.5 Å². The molecule has 0 radical (unpaired) electrons. The molecule has 17 heteroatoms. The number of hydrogen-bond acceptors (Lipinski definition) is 13. The second-order valence-corrected chi connectivity index (χ2v) is 12.8. The molecule has 0 saturated carbocycles. The molecule has 1 unspecified atom stereocenters. The summed E-state index contributed by atoms with van der Waals surface area (Å²) < 4.78 is 45.5. The fourth-order valence-electron chi connectivity index (χ4n) is 3.83. The number of nitrogens with two attached hydrogens (primary N) is 1. The lowest BCUT2D eigenvalue weighted by Gasteiger charge is -2.23. The van der Waals surface area contributed by atoms with Crippen LogP contribution < -0.4 is 10.8 Å². The minimum absolute atomic E-state index is 0.0530. The molecule has 1 fully saturated rings. The van der Waals surface area contributed by atoms with Crippen molar-refractivity contribution in [1.82, 2.24) is 24.6 Å². The zero-order chi connectivity index (χ0) is 29.8. The second kappa shape index (κ2) is 13.2. The van der Waals surface area contributed by atoms with Gasteiger partial charge in [-0.1, -0.05) is 42.1 Å². The van der Waals surface area contributed by atoms with Crippen molar-refractivity contribution in [1.29, 1.82) is 0 Å². The number of thioether (sulfide) groups is 1. The van der Waals surface area contributed by atoms with Gasteiger partial charge in [0.05, 0.1) is 31.6 Å². The van der Waals surface area contributed by atoms with Gasteiger partial charge in [-0.3, -0.25) is 18.4 Å². The van der Waals surface area contributed by atoms with Crippen molar-refractivity contribution in [3.8, 4) is 0 Å². The van der Waals surface area contributed by atoms with Crippen LogP contribution in [0.15, 0.2) is 36.7 Å². The Hall–Kier alpha value is -2.53. The molecular formula is C24H32FN6O8PS. The van der Waals surface area contributed by atoms with Crippen molar-refractivity contribution in [2.75, 3.05) is 31.3 Å². The summed E-state index contributed by atoms with van der Waals surface area (Å²) in [6, 6.07) is 9.06. The number of hydrogen-bond donors (Lipinski definition) is 5. The van der Waals surface area contributed by atoms with Crippen LogP contribution in [0.25, 0.3) is 11.2 Å². The van der Waals surface area contributed by atoms with Gasteiger partial charge >= 0.3 is 13.8 Å². The molecule has 1 aliphatic rings. The molecule has 14 nitrogen and oxygen atoms in total. The summed E-state index contributed by atoms with van der Waals surface area (Å²) in [6.07, 6.45) is -5.30. The number of rotatable bonds is 13. The number of carbonyl (C=O) groups excluding carboxylic acids is 1. The van der Waals surface area contributed by atoms with E-state index in [4.69, 9.17) is 19.5 Å². The molecular weight excluding hydrogens is 582 g/mol. The Morgan fingerprint density at radius 3 is 2.68 bits per heavy atom. The van der Waals surface area contributed by atoms with Crippen molar-refractivity contribution < 1.29 is 42.9 Å². The van der Waals surface area contributed by atoms with Gasteiger partial charge < -0.3 is 25.8 Å². The van der Waals surface area contributed by atoms with E-state index in [2.05, 4.69) is 20.0 Å². The minimum Gasteiger partial charge on any atom is -0.395 e. The van der Waals surface area contributed by atoms with E-state index in [1.54, 1.807) is 13.8 Å². The number of aliphatic hydroxyl groups is 3. The molecule has 4 rings (SSSR count). The number of anilines is 1. The normalized spacial score (nSPS) is 22.7. The molecule has 0 spiro atoms. The van der Waals surface area contributed by atoms with Crippen molar-refractivity contribution in [3.63, 3.8) is 0 Å². The molecule has 0 aliphatic carbocycles. The van der Waals surface area contributed by atoms with Gasteiger partial charge in [0.1, 0.15) is 18.3 Å². The molecule has 1 saturated heterocycles. The van der Waals surface area contributed by atoms with Crippen molar-refractivity contribution in [3.05, 3.63) is 48.3 Å². The minimum atomic E-state index is -4.03. The molecule has 0 bridgehead atoms. The lowest BCUT2D eigenvalue weighted by atomic mass is 9.97. The Kier molecular flexibility index (Phi) is 10.1. The van der Waals surface area contributed by atoms with Crippen LogP contribution in [0.5, 0.6) is 0 Å². The highest BCUT2D eigenvalue weighted by molar-refractivity contribution is 8.13. The number of halogens is 1. The largest absolute Gasteiger partial charge is 0.405 e. The first-order chi connectivity index (χ1) is 19.4. The average molecular weight is 615 g/mol. The fraction of sp³-hybridized carbons (Fsp3) is 0.500. The van der Waals surface area contributed by atoms with E-state index in [0.29, 0.717) is 0 Å². The van der Waals surface area contributed by atoms with Crippen molar-refractivity contribution >= 4 is 41.6 Å². The molecule has 224 valence electrons. The van der Waals surface area contributed by atoms with E-state index >= 15 is 0 Å². The number of imidazole rings is 1. The molecule has 1 aliphatic heterocycles. The number of nitrogens with one attached hydrogen (secondary N) is 1. The average Bonchev–Trinajstić information content (AvgIpc) is 3.49. The van der Waals surface area contributed by atoms with Gasteiger partial charge in [-0.05, 0) is 19.4 Å². The Morgan fingerprint density at radius 2 is 1.98 bits per heavy atom. The van der Waals surface area contributed by atoms with E-state index in [-0.39, 0.29) is 47.6 Å². The number of ether oxygens (including phenoxy) is 1. The maximum Gasteiger partial charge on any atom is 0.405 e. The number of nitrogens with zero attached hydrogens (tertiary/aromatic N) is 4. The molecule has 3 heterocycles. The summed E-state index contributed by atoms with van der Waals surface area (Å²) in [5.41, 5.74) is 5.58. The monoisotopic (exact) mass is 614 g/mol. The molecule has 2 aromatic heterocycles. The van der Waals surface area contributed by atoms with Crippen molar-refractivity contribution in [2.24, 2.45) is 5.41 Å². The Morgan fingerprint density at radius 1 is 1.24 bits per heavy atom. The number of fused-ring (bicyclic) bond motifs is 1. The SMILES string of the molecule is CC(C)(CO)C(=O)SCCOP(=O)(NCc1ccccc1)OC[C@H]1O[C@@H](n2cnc3c(N)nc(F)nc32)[C@@H](O)[C@@H]1O. The van der Waals surface area contributed by atoms with Crippen LogP contribution in [0.4, 0.5) is 10.2 Å². The van der Waals surface area contributed by atoms with Crippen LogP contribution in [0.2, 0.25) is 0 Å². The second-order valence-electron chi connectivity index (χ2n) is 9.87. The third kappa shape index (κ3) is 7.46. The first-order valence-electron chi connectivity index (χ1n) is 12.6. The molecule has 1 aromatic carbocycles. The van der Waals surface area contributed by atoms with Gasteiger partial charge in [-0.15, -0.1) is 0 Å². The van der Waals surface area contributed by atoms with E-state index in [0.717, 1.165) is 17.3 Å². The number of carbonyl (C=O) groups is 1. The van der Waals surface area contributed by atoms with Crippen LogP contribution in [0.3, 0.4) is 0 Å². The van der Waals surface area contributed by atoms with Crippen LogP contribution in [-0.2, 0) is 29.7 Å². The molecule has 41 heavy (non-hydrogen) atoms. The lowest BCUT2D eigenvalue weighted by Crippen LogP contribution is -2.34. The van der Waals surface area contributed by atoms with E-state index in [9.17, 15) is 29.1 Å². The molecule has 5 atom stereocenters. The predicted octanol–water partition coefficient (Wildman–Crippen LogP) is 1.38. The predicted molar refractivity (Wildman–Crippen MR) is 147 cm³/mol. The summed E-state index contributed by atoms with van der Waals surface area (Å²) in [4.78, 5) is 23.4. The van der Waals surface area contributed by atoms with Gasteiger partial charge in [-0.25, -0.2) is 14.6 Å². The third-order valence-electron chi connectivity index (χ3n) is 6.29. The highest BCUT2D eigenvalue weighted by Crippen LogP contribution is 2.45. The zero-order valence-corrected chi connectivity index (χ0v) is 24.0. The number of nitrogen functional groups attached to an aromatic ring is 1. The van der Waals surface area contributed by atoms with Crippen LogP contribution in [-0.4, -0.2) is 83.8 Å². The zero-order valence-electron chi connectivity index (χ0n) is 22.3. The summed E-state index contributed by atoms with van der Waals surface area (Å²) in [6.45, 7) is 2.42. The van der Waals surface area contributed by atoms with Gasteiger partial charge in [-0.2, -0.15) is 14.4 Å². The Balaban J connectivity index is 1.42. The van der Waals surface area contributed by atoms with E-state index in [1.807, 2.05) is 30.3 Å². The summed E-state index contributed by atoms with van der Waals surface area (Å²) in [7, 11) is -4.03. The van der Waals surface area contributed by atoms with E-state index < -0.39 is 50.4 Å².